The van der Waals surface area contributed by atoms with Gasteiger partial charge < -0.3 is 5.11 Å². The minimum Gasteiger partial charge on any atom is -0.373 e. The van der Waals surface area contributed by atoms with E-state index in [0.29, 0.717) is 6.92 Å². The number of aliphatic hydroxyl groups is 1. The van der Waals surface area contributed by atoms with Gasteiger partial charge in [-0.2, -0.15) is 26.3 Å². The fraction of sp³-hybridized carbons (Fsp3) is 0.833. The zero-order chi connectivity index (χ0) is 11.8. The quantitative estimate of drug-likeness (QED) is 0.726. The highest BCUT2D eigenvalue weighted by Gasteiger charge is 2.70. The standard InChI is InChI=1S/C6H6F6O2/c1-3(13)2-4(14,5(7,8)9)6(10,11)12/h14H,2H2,1H3. The lowest BCUT2D eigenvalue weighted by molar-refractivity contribution is -0.366. The molecule has 0 rings (SSSR count). The van der Waals surface area contributed by atoms with Crippen molar-refractivity contribution in [3.63, 3.8) is 0 Å². The van der Waals surface area contributed by atoms with Crippen LogP contribution in [-0.4, -0.2) is 28.8 Å². The second-order valence-electron chi connectivity index (χ2n) is 2.73. The molecule has 0 bridgehead atoms. The van der Waals surface area contributed by atoms with Gasteiger partial charge in [0.25, 0.3) is 5.60 Å². The molecule has 0 aromatic rings. The monoisotopic (exact) mass is 224 g/mol. The van der Waals surface area contributed by atoms with Crippen molar-refractivity contribution in [1.29, 1.82) is 0 Å². The van der Waals surface area contributed by atoms with Crippen LogP contribution in [0.2, 0.25) is 0 Å². The van der Waals surface area contributed by atoms with Gasteiger partial charge in [0.1, 0.15) is 5.78 Å². The Hall–Kier alpha value is -0.790. The Balaban J connectivity index is 5.18. The number of hydrogen-bond acceptors (Lipinski definition) is 2. The third-order valence-corrected chi connectivity index (χ3v) is 1.44. The first-order valence-electron chi connectivity index (χ1n) is 3.27. The zero-order valence-corrected chi connectivity index (χ0v) is 6.83. The van der Waals surface area contributed by atoms with Gasteiger partial charge in [-0.25, -0.2) is 0 Å². The second kappa shape index (κ2) is 3.41. The van der Waals surface area contributed by atoms with Gasteiger partial charge in [0.2, 0.25) is 0 Å². The third kappa shape index (κ3) is 2.37. The summed E-state index contributed by atoms with van der Waals surface area (Å²) in [5.74, 6) is -1.40. The minimum atomic E-state index is -5.92. The predicted octanol–water partition coefficient (Wildman–Crippen LogP) is 1.82. The van der Waals surface area contributed by atoms with Crippen LogP contribution >= 0.6 is 0 Å². The first kappa shape index (κ1) is 13.2. The topological polar surface area (TPSA) is 37.3 Å². The van der Waals surface area contributed by atoms with Crippen LogP contribution in [-0.2, 0) is 4.79 Å². The molecule has 0 heterocycles. The maximum Gasteiger partial charge on any atom is 0.426 e. The summed E-state index contributed by atoms with van der Waals surface area (Å²) < 4.78 is 71.0. The van der Waals surface area contributed by atoms with Crippen molar-refractivity contribution in [2.24, 2.45) is 0 Å². The van der Waals surface area contributed by atoms with Crippen LogP contribution < -0.4 is 0 Å². The van der Waals surface area contributed by atoms with Gasteiger partial charge >= 0.3 is 12.4 Å². The van der Waals surface area contributed by atoms with E-state index in [0.717, 1.165) is 0 Å². The van der Waals surface area contributed by atoms with Crippen molar-refractivity contribution < 1.29 is 36.2 Å². The number of halogens is 6. The molecule has 0 amide bonds. The smallest absolute Gasteiger partial charge is 0.373 e. The first-order chi connectivity index (χ1) is 5.92. The van der Waals surface area contributed by atoms with Crippen LogP contribution in [0.4, 0.5) is 26.3 Å². The predicted molar refractivity (Wildman–Crippen MR) is 32.4 cm³/mol. The van der Waals surface area contributed by atoms with E-state index in [1.54, 1.807) is 0 Å². The highest BCUT2D eigenvalue weighted by molar-refractivity contribution is 5.76. The summed E-state index contributed by atoms with van der Waals surface area (Å²) in [6, 6.07) is 0. The molecule has 0 unspecified atom stereocenters. The molecule has 0 atom stereocenters. The van der Waals surface area contributed by atoms with E-state index in [9.17, 15) is 31.1 Å². The third-order valence-electron chi connectivity index (χ3n) is 1.44. The molecule has 0 saturated heterocycles. The average molecular weight is 224 g/mol. The summed E-state index contributed by atoms with van der Waals surface area (Å²) in [4.78, 5) is 10.2. The fourth-order valence-electron chi connectivity index (χ4n) is 0.721. The van der Waals surface area contributed by atoms with Gasteiger partial charge in [-0.3, -0.25) is 4.79 Å². The molecular weight excluding hydrogens is 218 g/mol. The number of Topliss-reactive ketones (excluding diaryl/α,β-unsaturated/α-hetero) is 1. The average Bonchev–Trinajstić information content (AvgIpc) is 1.79. The summed E-state index contributed by atoms with van der Waals surface area (Å²) >= 11 is 0. The molecule has 1 N–H and O–H groups in total. The number of hydrogen-bond donors (Lipinski definition) is 1. The molecular formula is C6H6F6O2. The maximum atomic E-state index is 11.8. The summed E-state index contributed by atoms with van der Waals surface area (Å²) in [5.41, 5.74) is -4.95. The van der Waals surface area contributed by atoms with Crippen molar-refractivity contribution in [3.05, 3.63) is 0 Å². The van der Waals surface area contributed by atoms with E-state index in [1.165, 1.54) is 0 Å². The van der Waals surface area contributed by atoms with Crippen LogP contribution in [0.1, 0.15) is 13.3 Å². The molecule has 0 saturated carbocycles. The molecule has 0 aromatic heterocycles. The van der Waals surface area contributed by atoms with Crippen LogP contribution in [0.15, 0.2) is 0 Å². The highest BCUT2D eigenvalue weighted by Crippen LogP contribution is 2.45. The van der Waals surface area contributed by atoms with Crippen molar-refractivity contribution in [3.8, 4) is 0 Å². The van der Waals surface area contributed by atoms with E-state index in [2.05, 4.69) is 0 Å². The van der Waals surface area contributed by atoms with Crippen LogP contribution in [0.3, 0.4) is 0 Å². The Bertz CT molecular complexity index is 213. The Kier molecular flexibility index (Phi) is 3.22. The molecule has 0 fully saturated rings. The molecule has 8 heteroatoms. The second-order valence-corrected chi connectivity index (χ2v) is 2.73. The van der Waals surface area contributed by atoms with Crippen LogP contribution in [0.25, 0.3) is 0 Å². The zero-order valence-electron chi connectivity index (χ0n) is 6.83. The Morgan fingerprint density at radius 3 is 1.43 bits per heavy atom. The number of alkyl halides is 6. The number of carbonyl (C=O) groups excluding carboxylic acids is 1. The SMILES string of the molecule is CC(=O)CC(O)(C(F)(F)F)C(F)(F)F. The molecule has 0 spiro atoms. The fourth-order valence-corrected chi connectivity index (χ4v) is 0.721. The van der Waals surface area contributed by atoms with Crippen molar-refractivity contribution >= 4 is 5.78 Å². The largest absolute Gasteiger partial charge is 0.426 e. The van der Waals surface area contributed by atoms with Crippen LogP contribution in [0, 0.1) is 0 Å². The number of ketones is 1. The molecule has 14 heavy (non-hydrogen) atoms. The molecule has 0 radical (unpaired) electrons. The van der Waals surface area contributed by atoms with Gasteiger partial charge in [0.15, 0.2) is 0 Å². The van der Waals surface area contributed by atoms with Gasteiger partial charge in [-0.05, 0) is 6.92 Å². The molecule has 0 aliphatic carbocycles. The van der Waals surface area contributed by atoms with Crippen molar-refractivity contribution in [1.82, 2.24) is 0 Å². The van der Waals surface area contributed by atoms with Crippen molar-refractivity contribution in [2.45, 2.75) is 31.3 Å². The first-order valence-corrected chi connectivity index (χ1v) is 3.27. The Labute approximate surface area is 74.5 Å². The lowest BCUT2D eigenvalue weighted by atomic mass is 9.96. The minimum absolute atomic E-state index is 0.530. The van der Waals surface area contributed by atoms with E-state index < -0.39 is 30.2 Å². The molecule has 0 aliphatic heterocycles. The molecule has 0 aliphatic rings. The maximum absolute atomic E-state index is 11.8. The summed E-state index contributed by atoms with van der Waals surface area (Å²) in [6.07, 6.45) is -13.9. The number of carbonyl (C=O) groups is 1. The summed E-state index contributed by atoms with van der Waals surface area (Å²) in [6.45, 7) is 0.530. The molecule has 0 aromatic carbocycles. The Morgan fingerprint density at radius 2 is 1.36 bits per heavy atom. The van der Waals surface area contributed by atoms with Crippen molar-refractivity contribution in [2.75, 3.05) is 0 Å². The van der Waals surface area contributed by atoms with Gasteiger partial charge in [0.05, 0.1) is 6.42 Å². The highest BCUT2D eigenvalue weighted by atomic mass is 19.4. The summed E-state index contributed by atoms with van der Waals surface area (Å²) in [7, 11) is 0. The van der Waals surface area contributed by atoms with Gasteiger partial charge in [0, 0.05) is 0 Å². The lowest BCUT2D eigenvalue weighted by Gasteiger charge is -2.31. The van der Waals surface area contributed by atoms with E-state index >= 15 is 0 Å². The lowest BCUT2D eigenvalue weighted by Crippen LogP contribution is -2.57. The number of rotatable bonds is 2. The summed E-state index contributed by atoms with van der Waals surface area (Å²) in [5, 5.41) is 8.38. The molecule has 2 nitrogen and oxygen atoms in total. The van der Waals surface area contributed by atoms with Crippen LogP contribution in [0.5, 0.6) is 0 Å². The van der Waals surface area contributed by atoms with Gasteiger partial charge in [-0.1, -0.05) is 0 Å². The Morgan fingerprint density at radius 1 is 1.07 bits per heavy atom. The van der Waals surface area contributed by atoms with E-state index in [-0.39, 0.29) is 0 Å². The molecule has 84 valence electrons. The van der Waals surface area contributed by atoms with E-state index in [4.69, 9.17) is 5.11 Å². The van der Waals surface area contributed by atoms with E-state index in [1.807, 2.05) is 0 Å². The normalized spacial score (nSPS) is 14.3. The van der Waals surface area contributed by atoms with Gasteiger partial charge in [-0.15, -0.1) is 0 Å².